The zero-order chi connectivity index (χ0) is 17.7. The third kappa shape index (κ3) is 3.90. The zero-order valence-electron chi connectivity index (χ0n) is 15.2. The van der Waals surface area contributed by atoms with Gasteiger partial charge in [0.1, 0.15) is 5.54 Å². The summed E-state index contributed by atoms with van der Waals surface area (Å²) < 4.78 is 0. The Hall–Kier alpha value is -1.39. The maximum atomic E-state index is 12.6. The fourth-order valence-corrected chi connectivity index (χ4v) is 5.03. The van der Waals surface area contributed by atoms with Gasteiger partial charge in [0.25, 0.3) is 0 Å². The number of nitrogens with one attached hydrogen (secondary N) is 1. The summed E-state index contributed by atoms with van der Waals surface area (Å²) in [6.45, 7) is 1.15. The molecule has 138 valence electrons. The predicted octanol–water partition coefficient (Wildman–Crippen LogP) is 3.83. The summed E-state index contributed by atoms with van der Waals surface area (Å²) in [6.07, 6.45) is 10.1. The summed E-state index contributed by atoms with van der Waals surface area (Å²) in [5, 5.41) is 13.9. The van der Waals surface area contributed by atoms with Crippen LogP contribution in [0, 0.1) is 11.8 Å². The van der Waals surface area contributed by atoms with E-state index in [9.17, 15) is 9.90 Å². The lowest BCUT2D eigenvalue weighted by Gasteiger charge is -2.44. The Morgan fingerprint density at radius 1 is 0.960 bits per heavy atom. The Kier molecular flexibility index (Phi) is 6.13. The molecule has 0 aromatic heterocycles. The molecule has 0 spiro atoms. The molecule has 0 saturated heterocycles. The molecular weight excluding hydrogens is 312 g/mol. The van der Waals surface area contributed by atoms with Gasteiger partial charge in [-0.2, -0.15) is 0 Å². The van der Waals surface area contributed by atoms with Gasteiger partial charge in [0, 0.05) is 13.1 Å². The van der Waals surface area contributed by atoms with Crippen LogP contribution in [-0.4, -0.2) is 16.6 Å². The van der Waals surface area contributed by atoms with Gasteiger partial charge in [-0.3, -0.25) is 10.1 Å². The normalized spacial score (nSPS) is 22.0. The lowest BCUT2D eigenvalue weighted by Crippen LogP contribution is -2.61. The minimum Gasteiger partial charge on any atom is -0.480 e. The van der Waals surface area contributed by atoms with Crippen LogP contribution in [-0.2, 0) is 17.9 Å². The van der Waals surface area contributed by atoms with Crippen molar-refractivity contribution in [1.29, 1.82) is 0 Å². The second-order valence-electron chi connectivity index (χ2n) is 7.86. The molecular formula is C21H32N2O2. The molecule has 0 aliphatic heterocycles. The average Bonchev–Trinajstić information content (AvgIpc) is 3.18. The molecule has 3 rings (SSSR count). The Balaban J connectivity index is 1.82. The van der Waals surface area contributed by atoms with Gasteiger partial charge in [0.2, 0.25) is 0 Å². The van der Waals surface area contributed by atoms with E-state index < -0.39 is 11.5 Å². The van der Waals surface area contributed by atoms with Crippen LogP contribution in [0.5, 0.6) is 0 Å². The van der Waals surface area contributed by atoms with Crippen molar-refractivity contribution in [3.63, 3.8) is 0 Å². The largest absolute Gasteiger partial charge is 0.480 e. The minimum atomic E-state index is -0.760. The van der Waals surface area contributed by atoms with Crippen molar-refractivity contribution in [3.8, 4) is 0 Å². The molecule has 0 unspecified atom stereocenters. The molecule has 4 nitrogen and oxygen atoms in total. The number of aliphatic carboxylic acids is 1. The van der Waals surface area contributed by atoms with Crippen LogP contribution in [0.2, 0.25) is 0 Å². The van der Waals surface area contributed by atoms with E-state index in [1.165, 1.54) is 32.1 Å². The number of carbonyl (C=O) groups is 1. The van der Waals surface area contributed by atoms with Gasteiger partial charge in [0.15, 0.2) is 0 Å². The fraction of sp³-hybridized carbons (Fsp3) is 0.667. The highest BCUT2D eigenvalue weighted by Gasteiger charge is 2.51. The third-order valence-electron chi connectivity index (χ3n) is 6.45. The van der Waals surface area contributed by atoms with Gasteiger partial charge in [-0.05, 0) is 48.6 Å². The van der Waals surface area contributed by atoms with Crippen molar-refractivity contribution < 1.29 is 9.90 Å². The number of hydrogen-bond acceptors (Lipinski definition) is 3. The Bertz CT molecular complexity index is 560. The highest BCUT2D eigenvalue weighted by Crippen LogP contribution is 2.44. The van der Waals surface area contributed by atoms with Crippen LogP contribution in [0.4, 0.5) is 0 Å². The van der Waals surface area contributed by atoms with Crippen molar-refractivity contribution in [2.45, 2.75) is 76.4 Å². The van der Waals surface area contributed by atoms with Crippen LogP contribution in [0.1, 0.15) is 68.9 Å². The highest BCUT2D eigenvalue weighted by molar-refractivity contribution is 5.80. The molecule has 0 radical (unpaired) electrons. The smallest absolute Gasteiger partial charge is 0.324 e. The summed E-state index contributed by atoms with van der Waals surface area (Å²) in [5.41, 5.74) is 7.15. The summed E-state index contributed by atoms with van der Waals surface area (Å²) >= 11 is 0. The first-order valence-corrected chi connectivity index (χ1v) is 9.93. The second-order valence-corrected chi connectivity index (χ2v) is 7.86. The number of benzene rings is 1. The number of hydrogen-bond donors (Lipinski definition) is 3. The number of nitrogens with two attached hydrogens (primary N) is 1. The molecule has 2 aliphatic rings. The van der Waals surface area contributed by atoms with E-state index in [1.807, 2.05) is 12.1 Å². The monoisotopic (exact) mass is 344 g/mol. The molecule has 1 atom stereocenters. The third-order valence-corrected chi connectivity index (χ3v) is 6.45. The van der Waals surface area contributed by atoms with E-state index in [1.54, 1.807) is 0 Å². The van der Waals surface area contributed by atoms with Gasteiger partial charge in [-0.15, -0.1) is 0 Å². The summed E-state index contributed by atoms with van der Waals surface area (Å²) in [4.78, 5) is 12.6. The molecule has 0 bridgehead atoms. The molecule has 1 aromatic rings. The minimum absolute atomic E-state index is 0.255. The topological polar surface area (TPSA) is 75.3 Å². The Morgan fingerprint density at radius 3 is 1.92 bits per heavy atom. The predicted molar refractivity (Wildman–Crippen MR) is 100 cm³/mol. The van der Waals surface area contributed by atoms with Crippen molar-refractivity contribution >= 4 is 5.97 Å². The molecule has 1 aromatic carbocycles. The summed E-state index contributed by atoms with van der Waals surface area (Å²) in [7, 11) is 0. The molecule has 4 N–H and O–H groups in total. The SMILES string of the molecule is NCc1ccc(CN[C@](C(=O)O)(C2CCCCC2)C2CCCC2)cc1. The first-order valence-electron chi connectivity index (χ1n) is 9.93. The van der Waals surface area contributed by atoms with Gasteiger partial charge < -0.3 is 10.8 Å². The van der Waals surface area contributed by atoms with Crippen molar-refractivity contribution in [2.24, 2.45) is 17.6 Å². The quantitative estimate of drug-likeness (QED) is 0.703. The lowest BCUT2D eigenvalue weighted by molar-refractivity contribution is -0.152. The van der Waals surface area contributed by atoms with E-state index in [4.69, 9.17) is 5.73 Å². The van der Waals surface area contributed by atoms with Crippen LogP contribution in [0.3, 0.4) is 0 Å². The van der Waals surface area contributed by atoms with E-state index in [0.717, 1.165) is 36.8 Å². The average molecular weight is 344 g/mol. The van der Waals surface area contributed by atoms with Gasteiger partial charge in [-0.25, -0.2) is 0 Å². The molecule has 2 aliphatic carbocycles. The number of rotatable bonds is 7. The Labute approximate surface area is 151 Å². The molecule has 0 amide bonds. The van der Waals surface area contributed by atoms with Gasteiger partial charge >= 0.3 is 5.97 Å². The maximum Gasteiger partial charge on any atom is 0.324 e. The first kappa shape index (κ1) is 18.4. The Morgan fingerprint density at radius 2 is 1.44 bits per heavy atom. The van der Waals surface area contributed by atoms with E-state index >= 15 is 0 Å². The number of carboxylic acid groups (broad SMARTS) is 1. The lowest BCUT2D eigenvalue weighted by atomic mass is 9.67. The van der Waals surface area contributed by atoms with Gasteiger partial charge in [0.05, 0.1) is 0 Å². The van der Waals surface area contributed by atoms with Crippen molar-refractivity contribution in [2.75, 3.05) is 0 Å². The molecule has 25 heavy (non-hydrogen) atoms. The first-order chi connectivity index (χ1) is 12.2. The standard InChI is InChI=1S/C21H32N2O2/c22-14-16-10-12-17(13-11-16)15-23-21(20(24)25,19-8-4-5-9-19)18-6-2-1-3-7-18/h10-13,18-19,23H,1-9,14-15,22H2,(H,24,25)/t21-/m1/s1. The van der Waals surface area contributed by atoms with Crippen LogP contribution in [0.15, 0.2) is 24.3 Å². The molecule has 0 heterocycles. The summed E-state index contributed by atoms with van der Waals surface area (Å²) in [6, 6.07) is 8.21. The van der Waals surface area contributed by atoms with E-state index in [-0.39, 0.29) is 11.8 Å². The van der Waals surface area contributed by atoms with Crippen LogP contribution < -0.4 is 11.1 Å². The second kappa shape index (κ2) is 8.33. The zero-order valence-corrected chi connectivity index (χ0v) is 15.2. The van der Waals surface area contributed by atoms with E-state index in [2.05, 4.69) is 17.4 Å². The van der Waals surface area contributed by atoms with E-state index in [0.29, 0.717) is 13.1 Å². The molecule has 2 saturated carbocycles. The highest BCUT2D eigenvalue weighted by atomic mass is 16.4. The van der Waals surface area contributed by atoms with Gasteiger partial charge in [-0.1, -0.05) is 56.4 Å². The summed E-state index contributed by atoms with van der Waals surface area (Å²) in [5.74, 6) is -0.119. The van der Waals surface area contributed by atoms with Crippen molar-refractivity contribution in [1.82, 2.24) is 5.32 Å². The van der Waals surface area contributed by atoms with Crippen LogP contribution >= 0.6 is 0 Å². The van der Waals surface area contributed by atoms with Crippen molar-refractivity contribution in [3.05, 3.63) is 35.4 Å². The fourth-order valence-electron chi connectivity index (χ4n) is 5.03. The molecule has 2 fully saturated rings. The maximum absolute atomic E-state index is 12.6. The van der Waals surface area contributed by atoms with Crippen LogP contribution in [0.25, 0.3) is 0 Å². The number of carboxylic acids is 1. The molecule has 4 heteroatoms.